The number of fused-ring (bicyclic) bond motifs is 1. The van der Waals surface area contributed by atoms with Crippen LogP contribution in [0.15, 0.2) is 41.6 Å². The summed E-state index contributed by atoms with van der Waals surface area (Å²) in [6.07, 6.45) is 4.35. The average Bonchev–Trinajstić information content (AvgIpc) is 2.88. The predicted octanol–water partition coefficient (Wildman–Crippen LogP) is 2.36. The molecule has 0 atom stereocenters. The largest absolute Gasteiger partial charge is 0.294 e. The second-order valence-electron chi connectivity index (χ2n) is 5.29. The van der Waals surface area contributed by atoms with E-state index in [4.69, 9.17) is 0 Å². The summed E-state index contributed by atoms with van der Waals surface area (Å²) in [5.74, 6) is 0. The fourth-order valence-electron chi connectivity index (χ4n) is 2.34. The van der Waals surface area contributed by atoms with E-state index in [1.54, 1.807) is 21.8 Å². The summed E-state index contributed by atoms with van der Waals surface area (Å²) in [4.78, 5) is 16.8. The van der Waals surface area contributed by atoms with E-state index in [0.717, 1.165) is 18.5 Å². The number of aryl methyl sites for hydroxylation is 2. The Bertz CT molecular complexity index is 814. The molecule has 0 aliphatic rings. The Balaban J connectivity index is 1.97. The fourth-order valence-corrected chi connectivity index (χ4v) is 2.34. The van der Waals surface area contributed by atoms with Crippen molar-refractivity contribution in [1.29, 1.82) is 0 Å². The van der Waals surface area contributed by atoms with Crippen LogP contribution in [-0.2, 0) is 13.1 Å². The average molecular weight is 282 g/mol. The maximum Gasteiger partial charge on any atom is 0.264 e. The van der Waals surface area contributed by atoms with E-state index in [-0.39, 0.29) is 5.56 Å². The van der Waals surface area contributed by atoms with Crippen molar-refractivity contribution in [3.63, 3.8) is 0 Å². The third-order valence-corrected chi connectivity index (χ3v) is 3.48. The third-order valence-electron chi connectivity index (χ3n) is 3.48. The van der Waals surface area contributed by atoms with Crippen LogP contribution in [0.5, 0.6) is 0 Å². The molecule has 0 spiro atoms. The lowest BCUT2D eigenvalue weighted by Crippen LogP contribution is -2.20. The highest BCUT2D eigenvalue weighted by atomic mass is 16.1. The molecule has 0 aliphatic carbocycles. The summed E-state index contributed by atoms with van der Waals surface area (Å²) < 4.78 is 3.42. The maximum atomic E-state index is 12.5. The third kappa shape index (κ3) is 2.72. The molecule has 0 unspecified atom stereocenters. The van der Waals surface area contributed by atoms with Crippen LogP contribution in [0, 0.1) is 6.92 Å². The van der Waals surface area contributed by atoms with E-state index < -0.39 is 0 Å². The first-order valence-electron chi connectivity index (χ1n) is 7.15. The van der Waals surface area contributed by atoms with Crippen molar-refractivity contribution >= 4 is 11.0 Å². The van der Waals surface area contributed by atoms with Crippen LogP contribution in [0.4, 0.5) is 0 Å². The Morgan fingerprint density at radius 2 is 1.95 bits per heavy atom. The van der Waals surface area contributed by atoms with Gasteiger partial charge in [-0.15, -0.1) is 0 Å². The first-order valence-corrected chi connectivity index (χ1v) is 7.15. The smallest absolute Gasteiger partial charge is 0.264 e. The molecule has 3 rings (SSSR count). The zero-order valence-corrected chi connectivity index (χ0v) is 12.3. The molecule has 108 valence electrons. The van der Waals surface area contributed by atoms with Crippen molar-refractivity contribution in [2.75, 3.05) is 0 Å². The minimum absolute atomic E-state index is 0.0390. The Labute approximate surface area is 122 Å². The van der Waals surface area contributed by atoms with Crippen molar-refractivity contribution in [3.05, 3.63) is 58.3 Å². The van der Waals surface area contributed by atoms with Crippen LogP contribution in [0.2, 0.25) is 0 Å². The van der Waals surface area contributed by atoms with Crippen molar-refractivity contribution in [2.45, 2.75) is 33.4 Å². The topological polar surface area (TPSA) is 52.7 Å². The Morgan fingerprint density at radius 1 is 1.19 bits per heavy atom. The summed E-state index contributed by atoms with van der Waals surface area (Å²) >= 11 is 0. The SMILES string of the molecule is CCCn1cc2c(=O)n(Cc3ccc(C)cc3)cnc2n1. The molecule has 0 bridgehead atoms. The van der Waals surface area contributed by atoms with E-state index in [1.165, 1.54) is 5.56 Å². The van der Waals surface area contributed by atoms with E-state index >= 15 is 0 Å². The first kappa shape index (κ1) is 13.5. The molecule has 0 saturated carbocycles. The number of aromatic nitrogens is 4. The van der Waals surface area contributed by atoms with Gasteiger partial charge in [-0.1, -0.05) is 36.8 Å². The lowest BCUT2D eigenvalue weighted by atomic mass is 10.1. The monoisotopic (exact) mass is 282 g/mol. The van der Waals surface area contributed by atoms with Gasteiger partial charge in [0.1, 0.15) is 11.7 Å². The molecule has 5 nitrogen and oxygen atoms in total. The fraction of sp³-hybridized carbons (Fsp3) is 0.312. The molecule has 5 heteroatoms. The zero-order chi connectivity index (χ0) is 14.8. The van der Waals surface area contributed by atoms with Crippen LogP contribution in [0.1, 0.15) is 24.5 Å². The summed E-state index contributed by atoms with van der Waals surface area (Å²) in [6.45, 7) is 5.45. The van der Waals surface area contributed by atoms with Crippen LogP contribution in [-0.4, -0.2) is 19.3 Å². The van der Waals surface area contributed by atoms with Crippen LogP contribution in [0.25, 0.3) is 11.0 Å². The van der Waals surface area contributed by atoms with Crippen molar-refractivity contribution in [3.8, 4) is 0 Å². The second kappa shape index (κ2) is 5.52. The van der Waals surface area contributed by atoms with Crippen molar-refractivity contribution < 1.29 is 0 Å². The quantitative estimate of drug-likeness (QED) is 0.738. The number of rotatable bonds is 4. The predicted molar refractivity (Wildman–Crippen MR) is 82.4 cm³/mol. The van der Waals surface area contributed by atoms with Crippen LogP contribution in [0.3, 0.4) is 0 Å². The summed E-state index contributed by atoms with van der Waals surface area (Å²) in [6, 6.07) is 8.16. The summed E-state index contributed by atoms with van der Waals surface area (Å²) in [5.41, 5.74) is 2.78. The molecule has 2 aromatic heterocycles. The maximum absolute atomic E-state index is 12.5. The molecule has 2 heterocycles. The number of hydrogen-bond acceptors (Lipinski definition) is 3. The molecule has 1 aromatic carbocycles. The van der Waals surface area contributed by atoms with Crippen molar-refractivity contribution in [2.24, 2.45) is 0 Å². The minimum atomic E-state index is -0.0390. The molecule has 0 saturated heterocycles. The molecule has 0 radical (unpaired) electrons. The Kier molecular flexibility index (Phi) is 3.56. The Hall–Kier alpha value is -2.43. The highest BCUT2D eigenvalue weighted by molar-refractivity contribution is 5.72. The normalized spacial score (nSPS) is 11.1. The Morgan fingerprint density at radius 3 is 2.67 bits per heavy atom. The van der Waals surface area contributed by atoms with Gasteiger partial charge >= 0.3 is 0 Å². The molecule has 0 fully saturated rings. The van der Waals surface area contributed by atoms with Gasteiger partial charge in [-0.25, -0.2) is 4.98 Å². The van der Waals surface area contributed by atoms with Gasteiger partial charge in [-0.3, -0.25) is 14.0 Å². The van der Waals surface area contributed by atoms with E-state index in [1.807, 2.05) is 31.2 Å². The van der Waals surface area contributed by atoms with Gasteiger partial charge in [-0.05, 0) is 18.9 Å². The van der Waals surface area contributed by atoms with Crippen LogP contribution < -0.4 is 5.56 Å². The molecule has 0 aliphatic heterocycles. The molecule has 0 amide bonds. The molecular formula is C16H18N4O. The van der Waals surface area contributed by atoms with Gasteiger partial charge in [0.25, 0.3) is 5.56 Å². The highest BCUT2D eigenvalue weighted by Crippen LogP contribution is 2.07. The zero-order valence-electron chi connectivity index (χ0n) is 12.3. The number of benzene rings is 1. The van der Waals surface area contributed by atoms with Gasteiger partial charge < -0.3 is 0 Å². The number of nitrogens with zero attached hydrogens (tertiary/aromatic N) is 4. The molecule has 0 N–H and O–H groups in total. The van der Waals surface area contributed by atoms with Gasteiger partial charge in [-0.2, -0.15) is 5.10 Å². The second-order valence-corrected chi connectivity index (χ2v) is 5.29. The van der Waals surface area contributed by atoms with E-state index in [0.29, 0.717) is 17.6 Å². The van der Waals surface area contributed by atoms with Crippen LogP contribution >= 0.6 is 0 Å². The number of hydrogen-bond donors (Lipinski definition) is 0. The van der Waals surface area contributed by atoms with Gasteiger partial charge in [0.15, 0.2) is 5.65 Å². The molecule has 3 aromatic rings. The van der Waals surface area contributed by atoms with E-state index in [2.05, 4.69) is 17.0 Å². The molecular weight excluding hydrogens is 264 g/mol. The van der Waals surface area contributed by atoms with Gasteiger partial charge in [0, 0.05) is 12.7 Å². The highest BCUT2D eigenvalue weighted by Gasteiger charge is 2.08. The summed E-state index contributed by atoms with van der Waals surface area (Å²) in [5, 5.41) is 4.90. The lowest BCUT2D eigenvalue weighted by molar-refractivity contribution is 0.607. The van der Waals surface area contributed by atoms with Crippen molar-refractivity contribution in [1.82, 2.24) is 19.3 Å². The standard InChI is InChI=1S/C16H18N4O/c1-3-8-20-10-14-15(18-20)17-11-19(16(14)21)9-13-6-4-12(2)5-7-13/h4-7,10-11H,3,8-9H2,1-2H3. The minimum Gasteiger partial charge on any atom is -0.294 e. The van der Waals surface area contributed by atoms with Gasteiger partial charge in [0.05, 0.1) is 6.54 Å². The van der Waals surface area contributed by atoms with E-state index in [9.17, 15) is 4.79 Å². The first-order chi connectivity index (χ1) is 10.2. The molecule has 21 heavy (non-hydrogen) atoms. The lowest BCUT2D eigenvalue weighted by Gasteiger charge is -2.05. The van der Waals surface area contributed by atoms with Gasteiger partial charge in [0.2, 0.25) is 0 Å². The summed E-state index contributed by atoms with van der Waals surface area (Å²) in [7, 11) is 0.